The van der Waals surface area contributed by atoms with Crippen LogP contribution < -0.4 is 10.2 Å². The third kappa shape index (κ3) is 5.73. The molecular formula is C31H38N2O2S. The van der Waals surface area contributed by atoms with Gasteiger partial charge in [0.25, 0.3) is 5.91 Å². The zero-order chi connectivity index (χ0) is 26.1. The predicted octanol–water partition coefficient (Wildman–Crippen LogP) is 7.23. The molecule has 4 rings (SSSR count). The van der Waals surface area contributed by atoms with Gasteiger partial charge < -0.3 is 5.32 Å². The Morgan fingerprint density at radius 1 is 0.917 bits per heavy atom. The molecule has 2 aromatic carbocycles. The Morgan fingerprint density at radius 3 is 2.22 bits per heavy atom. The second kappa shape index (κ2) is 10.2. The quantitative estimate of drug-likeness (QED) is 0.400. The minimum absolute atomic E-state index is 0.0117. The monoisotopic (exact) mass is 502 g/mol. The summed E-state index contributed by atoms with van der Waals surface area (Å²) in [6.07, 6.45) is 4.12. The first kappa shape index (κ1) is 26.2. The summed E-state index contributed by atoms with van der Waals surface area (Å²) in [6, 6.07) is 15.3. The number of carbonyl (C=O) groups is 2. The first-order valence-corrected chi connectivity index (χ1v) is 13.8. The molecular weight excluding hydrogens is 464 g/mol. The Labute approximate surface area is 219 Å². The standard InChI is InChI=1S/C31H38N2O2S/c1-30(2,3)23-14-16-24(17-15-23)33(27(22-18-19-36-20-22)28(34)32-31(4,5)6)29(35)26-13-9-11-21-10-7-8-12-25(21)26/h9,11,13-20,27H,7-8,10,12H2,1-6H3,(H,32,34). The summed E-state index contributed by atoms with van der Waals surface area (Å²) in [6.45, 7) is 12.4. The third-order valence-electron chi connectivity index (χ3n) is 6.72. The number of nitrogens with zero attached hydrogens (tertiary/aromatic N) is 1. The number of hydrogen-bond acceptors (Lipinski definition) is 3. The minimum Gasteiger partial charge on any atom is -0.349 e. The molecule has 2 amide bonds. The number of hydrogen-bond donors (Lipinski definition) is 1. The van der Waals surface area contributed by atoms with Crippen LogP contribution in [0.1, 0.15) is 93.0 Å². The van der Waals surface area contributed by atoms with Crippen LogP contribution in [-0.2, 0) is 23.1 Å². The Balaban J connectivity index is 1.87. The van der Waals surface area contributed by atoms with Crippen LogP contribution in [0.2, 0.25) is 0 Å². The van der Waals surface area contributed by atoms with E-state index in [1.165, 1.54) is 22.5 Å². The van der Waals surface area contributed by atoms with E-state index in [2.05, 4.69) is 44.3 Å². The van der Waals surface area contributed by atoms with Gasteiger partial charge in [0.05, 0.1) is 0 Å². The van der Waals surface area contributed by atoms with Gasteiger partial charge in [-0.05, 0) is 109 Å². The van der Waals surface area contributed by atoms with E-state index >= 15 is 0 Å². The van der Waals surface area contributed by atoms with E-state index in [0.717, 1.165) is 42.5 Å². The maximum absolute atomic E-state index is 14.5. The normalized spacial score (nSPS) is 14.6. The van der Waals surface area contributed by atoms with Gasteiger partial charge in [-0.1, -0.05) is 45.0 Å². The number of rotatable bonds is 5. The fourth-order valence-corrected chi connectivity index (χ4v) is 5.58. The molecule has 0 radical (unpaired) electrons. The van der Waals surface area contributed by atoms with Gasteiger partial charge in [0.1, 0.15) is 6.04 Å². The minimum atomic E-state index is -0.775. The molecule has 1 aliphatic rings. The number of nitrogens with one attached hydrogen (secondary N) is 1. The van der Waals surface area contributed by atoms with Crippen LogP contribution in [-0.4, -0.2) is 17.4 Å². The lowest BCUT2D eigenvalue weighted by Gasteiger charge is -2.34. The van der Waals surface area contributed by atoms with Crippen molar-refractivity contribution in [2.45, 2.75) is 84.2 Å². The number of anilines is 1. The van der Waals surface area contributed by atoms with Gasteiger partial charge in [-0.3, -0.25) is 14.5 Å². The molecule has 1 aliphatic carbocycles. The van der Waals surface area contributed by atoms with E-state index in [1.807, 2.05) is 61.9 Å². The lowest BCUT2D eigenvalue weighted by Crippen LogP contribution is -2.49. The molecule has 0 fully saturated rings. The molecule has 0 bridgehead atoms. The van der Waals surface area contributed by atoms with Crippen molar-refractivity contribution in [1.82, 2.24) is 5.32 Å². The summed E-state index contributed by atoms with van der Waals surface area (Å²) >= 11 is 1.53. The van der Waals surface area contributed by atoms with Gasteiger partial charge in [0.2, 0.25) is 5.91 Å². The lowest BCUT2D eigenvalue weighted by atomic mass is 9.86. The van der Waals surface area contributed by atoms with Crippen molar-refractivity contribution in [3.8, 4) is 0 Å². The van der Waals surface area contributed by atoms with E-state index in [9.17, 15) is 9.59 Å². The number of aryl methyl sites for hydroxylation is 1. The number of carbonyl (C=O) groups excluding carboxylic acids is 2. The molecule has 190 valence electrons. The third-order valence-corrected chi connectivity index (χ3v) is 7.42. The molecule has 0 aliphatic heterocycles. The lowest BCUT2D eigenvalue weighted by molar-refractivity contribution is -0.123. The molecule has 1 N–H and O–H groups in total. The van der Waals surface area contributed by atoms with Gasteiger partial charge in [0, 0.05) is 16.8 Å². The molecule has 1 aromatic heterocycles. The summed E-state index contributed by atoms with van der Waals surface area (Å²) in [5.41, 5.74) is 5.37. The van der Waals surface area contributed by atoms with Gasteiger partial charge in [-0.25, -0.2) is 0 Å². The van der Waals surface area contributed by atoms with Gasteiger partial charge in [-0.15, -0.1) is 0 Å². The summed E-state index contributed by atoms with van der Waals surface area (Å²) in [5.74, 6) is -0.309. The van der Waals surface area contributed by atoms with Gasteiger partial charge in [-0.2, -0.15) is 11.3 Å². The Morgan fingerprint density at radius 2 is 1.61 bits per heavy atom. The Bertz CT molecular complexity index is 1210. The smallest absolute Gasteiger partial charge is 0.259 e. The van der Waals surface area contributed by atoms with Gasteiger partial charge in [0.15, 0.2) is 0 Å². The molecule has 1 heterocycles. The molecule has 3 aromatic rings. The predicted molar refractivity (Wildman–Crippen MR) is 150 cm³/mol. The van der Waals surface area contributed by atoms with E-state index in [1.54, 1.807) is 4.90 Å². The summed E-state index contributed by atoms with van der Waals surface area (Å²) in [4.78, 5) is 30.0. The van der Waals surface area contributed by atoms with Crippen molar-refractivity contribution in [3.05, 3.63) is 87.1 Å². The number of thiophene rings is 1. The first-order chi connectivity index (χ1) is 17.0. The molecule has 0 saturated carbocycles. The molecule has 4 nitrogen and oxygen atoms in total. The Kier molecular flexibility index (Phi) is 7.42. The van der Waals surface area contributed by atoms with Crippen molar-refractivity contribution < 1.29 is 9.59 Å². The van der Waals surface area contributed by atoms with E-state index in [0.29, 0.717) is 5.56 Å². The molecule has 0 saturated heterocycles. The number of fused-ring (bicyclic) bond motifs is 1. The van der Waals surface area contributed by atoms with Crippen molar-refractivity contribution in [1.29, 1.82) is 0 Å². The molecule has 36 heavy (non-hydrogen) atoms. The highest BCUT2D eigenvalue weighted by Crippen LogP contribution is 2.35. The van der Waals surface area contributed by atoms with Crippen LogP contribution in [0.3, 0.4) is 0 Å². The topological polar surface area (TPSA) is 49.4 Å². The highest BCUT2D eigenvalue weighted by molar-refractivity contribution is 7.08. The van der Waals surface area contributed by atoms with Crippen LogP contribution in [0.15, 0.2) is 59.3 Å². The summed E-state index contributed by atoms with van der Waals surface area (Å²) in [7, 11) is 0. The molecule has 5 heteroatoms. The zero-order valence-corrected chi connectivity index (χ0v) is 23.2. The zero-order valence-electron chi connectivity index (χ0n) is 22.4. The van der Waals surface area contributed by atoms with Crippen molar-refractivity contribution in [2.75, 3.05) is 4.90 Å². The average molecular weight is 503 g/mol. The highest BCUT2D eigenvalue weighted by atomic mass is 32.1. The highest BCUT2D eigenvalue weighted by Gasteiger charge is 2.36. The van der Waals surface area contributed by atoms with E-state index in [4.69, 9.17) is 0 Å². The van der Waals surface area contributed by atoms with Crippen LogP contribution >= 0.6 is 11.3 Å². The fourth-order valence-electron chi connectivity index (χ4n) is 4.90. The van der Waals surface area contributed by atoms with Crippen molar-refractivity contribution >= 4 is 28.8 Å². The van der Waals surface area contributed by atoms with Gasteiger partial charge >= 0.3 is 0 Å². The molecule has 0 spiro atoms. The van der Waals surface area contributed by atoms with Crippen LogP contribution in [0.25, 0.3) is 0 Å². The molecule has 1 atom stereocenters. The largest absolute Gasteiger partial charge is 0.349 e. The SMILES string of the molecule is CC(C)(C)NC(=O)C(c1ccsc1)N(C(=O)c1cccc2c1CCCC2)c1ccc(C(C)(C)C)cc1. The second-order valence-electron chi connectivity index (χ2n) is 11.8. The number of benzene rings is 2. The van der Waals surface area contributed by atoms with Crippen LogP contribution in [0, 0.1) is 0 Å². The summed E-state index contributed by atoms with van der Waals surface area (Å²) in [5, 5.41) is 7.06. The second-order valence-corrected chi connectivity index (χ2v) is 12.6. The maximum Gasteiger partial charge on any atom is 0.259 e. The molecule has 1 unspecified atom stereocenters. The van der Waals surface area contributed by atoms with Crippen LogP contribution in [0.4, 0.5) is 5.69 Å². The summed E-state index contributed by atoms with van der Waals surface area (Å²) < 4.78 is 0. The number of amides is 2. The Hall–Kier alpha value is -2.92. The van der Waals surface area contributed by atoms with Crippen molar-refractivity contribution in [2.24, 2.45) is 0 Å². The van der Waals surface area contributed by atoms with Crippen LogP contribution in [0.5, 0.6) is 0 Å². The van der Waals surface area contributed by atoms with E-state index in [-0.39, 0.29) is 17.2 Å². The fraction of sp³-hybridized carbons (Fsp3) is 0.419. The maximum atomic E-state index is 14.5. The average Bonchev–Trinajstić information content (AvgIpc) is 3.34. The van der Waals surface area contributed by atoms with Crippen molar-refractivity contribution in [3.63, 3.8) is 0 Å². The first-order valence-electron chi connectivity index (χ1n) is 12.8. The van der Waals surface area contributed by atoms with E-state index < -0.39 is 11.6 Å².